The van der Waals surface area contributed by atoms with E-state index in [1.807, 2.05) is 43.5 Å². The summed E-state index contributed by atoms with van der Waals surface area (Å²) < 4.78 is 10.9. The number of H-pyrrole nitrogens is 2. The average molecular weight is 420 g/mol. The molecular weight excluding hydrogens is 400 g/mol. The topological polar surface area (TPSA) is 92.9 Å². The molecule has 0 spiro atoms. The molecule has 0 saturated heterocycles. The number of methoxy groups -OCH3 is 1. The van der Waals surface area contributed by atoms with Crippen molar-refractivity contribution in [1.82, 2.24) is 19.9 Å². The second kappa shape index (κ2) is 7.23. The summed E-state index contributed by atoms with van der Waals surface area (Å²) in [6.45, 7) is 3.87. The van der Waals surface area contributed by atoms with E-state index in [-0.39, 0.29) is 18.4 Å². The van der Waals surface area contributed by atoms with Crippen molar-refractivity contribution in [3.63, 3.8) is 0 Å². The van der Waals surface area contributed by atoms with Gasteiger partial charge in [0.25, 0.3) is 0 Å². The molecule has 30 heavy (non-hydrogen) atoms. The Kier molecular flexibility index (Phi) is 4.52. The van der Waals surface area contributed by atoms with Crippen molar-refractivity contribution in [3.8, 4) is 10.7 Å². The molecule has 4 aromatic heterocycles. The Bertz CT molecular complexity index is 1380. The molecule has 0 bridgehead atoms. The van der Waals surface area contributed by atoms with Crippen molar-refractivity contribution in [2.45, 2.75) is 26.6 Å². The SMILES string of the molecule is COCc1c(C(=O)OC(C)C)ncc2[nH]c3ccc4[nH]c(-c5cccs5)nc4c3c12. The van der Waals surface area contributed by atoms with Gasteiger partial charge in [-0.3, -0.25) is 0 Å². The molecule has 1 aromatic carbocycles. The monoisotopic (exact) mass is 420 g/mol. The second-order valence-electron chi connectivity index (χ2n) is 7.33. The maximum absolute atomic E-state index is 12.7. The van der Waals surface area contributed by atoms with Gasteiger partial charge in [-0.15, -0.1) is 11.3 Å². The molecule has 7 nitrogen and oxygen atoms in total. The molecule has 0 unspecified atom stereocenters. The van der Waals surface area contributed by atoms with Crippen LogP contribution < -0.4 is 0 Å². The van der Waals surface area contributed by atoms with Crippen molar-refractivity contribution in [2.24, 2.45) is 0 Å². The van der Waals surface area contributed by atoms with Crippen LogP contribution in [0.4, 0.5) is 0 Å². The highest BCUT2D eigenvalue weighted by Gasteiger charge is 2.23. The molecule has 5 aromatic rings. The molecular formula is C22H20N4O3S. The maximum Gasteiger partial charge on any atom is 0.357 e. The van der Waals surface area contributed by atoms with Gasteiger partial charge in [0.15, 0.2) is 5.69 Å². The Morgan fingerprint density at radius 1 is 1.13 bits per heavy atom. The lowest BCUT2D eigenvalue weighted by Gasteiger charge is -2.12. The normalized spacial score (nSPS) is 11.9. The summed E-state index contributed by atoms with van der Waals surface area (Å²) in [4.78, 5) is 29.9. The molecule has 0 saturated carbocycles. The van der Waals surface area contributed by atoms with E-state index in [1.165, 1.54) is 0 Å². The first-order valence-corrected chi connectivity index (χ1v) is 10.5. The van der Waals surface area contributed by atoms with Crippen LogP contribution in [0.5, 0.6) is 0 Å². The Labute approximate surface area is 176 Å². The number of fused-ring (bicyclic) bond motifs is 5. The Balaban J connectivity index is 1.83. The minimum atomic E-state index is -0.457. The summed E-state index contributed by atoms with van der Waals surface area (Å²) in [7, 11) is 1.60. The van der Waals surface area contributed by atoms with Crippen LogP contribution in [0.3, 0.4) is 0 Å². The van der Waals surface area contributed by atoms with Crippen LogP contribution in [0.15, 0.2) is 35.8 Å². The fraction of sp³-hybridized carbons (Fsp3) is 0.227. The first-order valence-electron chi connectivity index (χ1n) is 9.62. The zero-order valence-electron chi connectivity index (χ0n) is 16.8. The third-order valence-electron chi connectivity index (χ3n) is 4.93. The lowest BCUT2D eigenvalue weighted by atomic mass is 10.0. The standard InChI is InChI=1S/C22H20N4O3S/c1-11(2)29-22(27)19-12(10-28-3)17-15(9-23-19)24-13-6-7-14-20(18(13)17)26-21(25-14)16-5-4-8-30-16/h4-9,11,24H,10H2,1-3H3,(H,25,26). The quantitative estimate of drug-likeness (QED) is 0.389. The van der Waals surface area contributed by atoms with Gasteiger partial charge in [-0.05, 0) is 37.4 Å². The van der Waals surface area contributed by atoms with E-state index in [2.05, 4.69) is 15.0 Å². The predicted molar refractivity (Wildman–Crippen MR) is 118 cm³/mol. The first kappa shape index (κ1) is 18.8. The van der Waals surface area contributed by atoms with Crippen LogP contribution >= 0.6 is 11.3 Å². The maximum atomic E-state index is 12.7. The number of carbonyl (C=O) groups is 1. The molecule has 2 N–H and O–H groups in total. The van der Waals surface area contributed by atoms with Gasteiger partial charge in [0.05, 0.1) is 40.3 Å². The number of hydrogen-bond donors (Lipinski definition) is 2. The van der Waals surface area contributed by atoms with Gasteiger partial charge in [0.1, 0.15) is 5.82 Å². The molecule has 152 valence electrons. The van der Waals surface area contributed by atoms with Crippen molar-refractivity contribution >= 4 is 50.1 Å². The van der Waals surface area contributed by atoms with Crippen LogP contribution in [0.25, 0.3) is 43.5 Å². The number of nitrogens with one attached hydrogen (secondary N) is 2. The van der Waals surface area contributed by atoms with Crippen LogP contribution in [-0.4, -0.2) is 39.1 Å². The molecule has 0 aliphatic heterocycles. The van der Waals surface area contributed by atoms with Gasteiger partial charge < -0.3 is 19.4 Å². The number of aromatic nitrogens is 4. The molecule has 5 rings (SSSR count). The van der Waals surface area contributed by atoms with E-state index in [9.17, 15) is 4.79 Å². The number of nitrogens with zero attached hydrogens (tertiary/aromatic N) is 2. The molecule has 0 aliphatic carbocycles. The molecule has 8 heteroatoms. The van der Waals surface area contributed by atoms with E-state index < -0.39 is 5.97 Å². The summed E-state index contributed by atoms with van der Waals surface area (Å²) in [5.74, 6) is 0.366. The zero-order valence-corrected chi connectivity index (χ0v) is 17.6. The van der Waals surface area contributed by atoms with Crippen molar-refractivity contribution in [2.75, 3.05) is 7.11 Å². The molecule has 0 amide bonds. The number of pyridine rings is 1. The number of imidazole rings is 1. The number of esters is 1. The van der Waals surface area contributed by atoms with Crippen LogP contribution in [0.2, 0.25) is 0 Å². The Morgan fingerprint density at radius 3 is 2.70 bits per heavy atom. The minimum Gasteiger partial charge on any atom is -0.458 e. The number of ether oxygens (including phenoxy) is 2. The van der Waals surface area contributed by atoms with E-state index in [4.69, 9.17) is 14.5 Å². The fourth-order valence-corrected chi connectivity index (χ4v) is 4.44. The highest BCUT2D eigenvalue weighted by Crippen LogP contribution is 2.36. The predicted octanol–water partition coefficient (Wildman–Crippen LogP) is 5.03. The van der Waals surface area contributed by atoms with E-state index >= 15 is 0 Å². The summed E-state index contributed by atoms with van der Waals surface area (Å²) in [5.41, 5.74) is 4.48. The highest BCUT2D eigenvalue weighted by molar-refractivity contribution is 7.13. The summed E-state index contributed by atoms with van der Waals surface area (Å²) in [6.07, 6.45) is 1.43. The number of thiophene rings is 1. The number of aromatic amines is 2. The molecule has 4 heterocycles. The van der Waals surface area contributed by atoms with Crippen LogP contribution in [-0.2, 0) is 16.1 Å². The largest absolute Gasteiger partial charge is 0.458 e. The van der Waals surface area contributed by atoms with Gasteiger partial charge in [0.2, 0.25) is 0 Å². The van der Waals surface area contributed by atoms with Gasteiger partial charge in [-0.1, -0.05) is 6.07 Å². The Morgan fingerprint density at radius 2 is 1.97 bits per heavy atom. The van der Waals surface area contributed by atoms with Crippen molar-refractivity contribution in [1.29, 1.82) is 0 Å². The molecule has 0 aliphatic rings. The lowest BCUT2D eigenvalue weighted by Crippen LogP contribution is -2.15. The smallest absolute Gasteiger partial charge is 0.357 e. The third-order valence-corrected chi connectivity index (χ3v) is 5.81. The first-order chi connectivity index (χ1) is 14.6. The van der Waals surface area contributed by atoms with Gasteiger partial charge in [-0.25, -0.2) is 14.8 Å². The Hall–Kier alpha value is -3.23. The third kappa shape index (κ3) is 2.96. The summed E-state index contributed by atoms with van der Waals surface area (Å²) in [5, 5.41) is 3.85. The lowest BCUT2D eigenvalue weighted by molar-refractivity contribution is 0.0366. The van der Waals surface area contributed by atoms with E-state index in [1.54, 1.807) is 24.6 Å². The number of hydrogen-bond acceptors (Lipinski definition) is 6. The fourth-order valence-electron chi connectivity index (χ4n) is 3.77. The van der Waals surface area contributed by atoms with Gasteiger partial charge >= 0.3 is 5.97 Å². The molecule has 0 radical (unpaired) electrons. The van der Waals surface area contributed by atoms with Crippen molar-refractivity contribution < 1.29 is 14.3 Å². The second-order valence-corrected chi connectivity index (χ2v) is 8.28. The average Bonchev–Trinajstić information content (AvgIpc) is 3.44. The molecule has 0 atom stereocenters. The number of benzene rings is 1. The zero-order chi connectivity index (χ0) is 20.8. The van der Waals surface area contributed by atoms with E-state index in [0.29, 0.717) is 5.56 Å². The number of carbonyl (C=O) groups excluding carboxylic acids is 1. The van der Waals surface area contributed by atoms with Crippen LogP contribution in [0.1, 0.15) is 29.9 Å². The minimum absolute atomic E-state index is 0.235. The van der Waals surface area contributed by atoms with E-state index in [0.717, 1.165) is 43.5 Å². The highest BCUT2D eigenvalue weighted by atomic mass is 32.1. The van der Waals surface area contributed by atoms with Gasteiger partial charge in [0, 0.05) is 29.0 Å². The van der Waals surface area contributed by atoms with Crippen molar-refractivity contribution in [3.05, 3.63) is 47.1 Å². The molecule has 0 fully saturated rings. The van der Waals surface area contributed by atoms with Gasteiger partial charge in [-0.2, -0.15) is 0 Å². The summed E-state index contributed by atoms with van der Waals surface area (Å²) in [6, 6.07) is 8.06. The summed E-state index contributed by atoms with van der Waals surface area (Å²) >= 11 is 1.63. The van der Waals surface area contributed by atoms with Crippen LogP contribution in [0, 0.1) is 0 Å². The number of rotatable bonds is 5.